The summed E-state index contributed by atoms with van der Waals surface area (Å²) < 4.78 is 1.18. The first-order valence-electron chi connectivity index (χ1n) is 4.41. The second-order valence-corrected chi connectivity index (χ2v) is 5.21. The molecule has 0 aromatic heterocycles. The molecule has 1 aliphatic rings. The van der Waals surface area contributed by atoms with Crippen molar-refractivity contribution in [1.82, 2.24) is 5.32 Å². The fourth-order valence-electron chi connectivity index (χ4n) is 1.67. The summed E-state index contributed by atoms with van der Waals surface area (Å²) in [5, 5.41) is 3.35. The highest BCUT2D eigenvalue weighted by Crippen LogP contribution is 2.37. The van der Waals surface area contributed by atoms with Crippen molar-refractivity contribution in [3.05, 3.63) is 28.2 Å². The second-order valence-electron chi connectivity index (χ2n) is 3.16. The third-order valence-electron chi connectivity index (χ3n) is 2.36. The van der Waals surface area contributed by atoms with Crippen LogP contribution in [0, 0.1) is 0 Å². The van der Waals surface area contributed by atoms with E-state index in [-0.39, 0.29) is 0 Å². The first-order chi connectivity index (χ1) is 6.31. The molecule has 1 atom stereocenters. The van der Waals surface area contributed by atoms with Crippen molar-refractivity contribution in [1.29, 1.82) is 0 Å². The maximum Gasteiger partial charge on any atom is 0.0337 e. The van der Waals surface area contributed by atoms with Gasteiger partial charge in [0.05, 0.1) is 0 Å². The number of fused-ring (bicyclic) bond motifs is 1. The van der Waals surface area contributed by atoms with Crippen LogP contribution >= 0.6 is 27.7 Å². The third-order valence-corrected chi connectivity index (χ3v) is 3.98. The minimum Gasteiger partial charge on any atom is -0.313 e. The average Bonchev–Trinajstić information content (AvgIpc) is 2.17. The van der Waals surface area contributed by atoms with Gasteiger partial charge in [-0.05, 0) is 43.0 Å². The zero-order chi connectivity index (χ0) is 9.26. The number of benzene rings is 1. The zero-order valence-corrected chi connectivity index (χ0v) is 9.91. The molecule has 0 aliphatic carbocycles. The number of thioether (sulfide) groups is 1. The van der Waals surface area contributed by atoms with Crippen molar-refractivity contribution in [3.63, 3.8) is 0 Å². The molecule has 1 aromatic rings. The van der Waals surface area contributed by atoms with Gasteiger partial charge in [-0.2, -0.15) is 0 Å². The molecule has 1 heterocycles. The molecule has 1 nitrogen and oxygen atoms in total. The van der Waals surface area contributed by atoms with Crippen molar-refractivity contribution in [3.8, 4) is 0 Å². The minimum absolute atomic E-state index is 0.536. The molecule has 0 radical (unpaired) electrons. The molecular formula is C10H12BrNS. The number of hydrogen-bond donors (Lipinski definition) is 1. The molecule has 0 amide bonds. The molecule has 1 aromatic carbocycles. The van der Waals surface area contributed by atoms with Gasteiger partial charge < -0.3 is 5.32 Å². The van der Waals surface area contributed by atoms with Gasteiger partial charge in [-0.3, -0.25) is 0 Å². The molecule has 2 rings (SSSR count). The largest absolute Gasteiger partial charge is 0.313 e. The Morgan fingerprint density at radius 2 is 2.38 bits per heavy atom. The van der Waals surface area contributed by atoms with Crippen molar-refractivity contribution >= 4 is 27.7 Å². The molecule has 0 saturated heterocycles. The maximum absolute atomic E-state index is 3.51. The van der Waals surface area contributed by atoms with Crippen molar-refractivity contribution in [2.24, 2.45) is 0 Å². The van der Waals surface area contributed by atoms with E-state index >= 15 is 0 Å². The fourth-order valence-corrected chi connectivity index (χ4v) is 3.15. The van der Waals surface area contributed by atoms with Crippen LogP contribution in [-0.2, 0) is 0 Å². The standard InChI is InChI=1S/C10H12BrNS/c1-12-9-4-5-13-10-3-2-7(11)6-8(9)10/h2-3,6,9,12H,4-5H2,1H3/t9-/m1/s1. The minimum atomic E-state index is 0.536. The van der Waals surface area contributed by atoms with Crippen LogP contribution in [0.5, 0.6) is 0 Å². The predicted molar refractivity (Wildman–Crippen MR) is 61.3 cm³/mol. The molecular weight excluding hydrogens is 246 g/mol. The van der Waals surface area contributed by atoms with Crippen LogP contribution in [0.25, 0.3) is 0 Å². The second kappa shape index (κ2) is 4.03. The van der Waals surface area contributed by atoms with Gasteiger partial charge in [0.15, 0.2) is 0 Å². The van der Waals surface area contributed by atoms with E-state index in [0.717, 1.165) is 0 Å². The van der Waals surface area contributed by atoms with Gasteiger partial charge in [0, 0.05) is 15.4 Å². The van der Waals surface area contributed by atoms with Gasteiger partial charge in [-0.25, -0.2) is 0 Å². The van der Waals surface area contributed by atoms with E-state index in [9.17, 15) is 0 Å². The van der Waals surface area contributed by atoms with Gasteiger partial charge in [-0.1, -0.05) is 15.9 Å². The lowest BCUT2D eigenvalue weighted by molar-refractivity contribution is 0.565. The first-order valence-corrected chi connectivity index (χ1v) is 6.18. The van der Waals surface area contributed by atoms with E-state index in [1.54, 1.807) is 0 Å². The summed E-state index contributed by atoms with van der Waals surface area (Å²) in [5.74, 6) is 1.22. The molecule has 3 heteroatoms. The van der Waals surface area contributed by atoms with E-state index < -0.39 is 0 Å². The summed E-state index contributed by atoms with van der Waals surface area (Å²) in [4.78, 5) is 1.42. The lowest BCUT2D eigenvalue weighted by Gasteiger charge is -2.24. The molecule has 0 saturated carbocycles. The zero-order valence-electron chi connectivity index (χ0n) is 7.51. The van der Waals surface area contributed by atoms with Gasteiger partial charge >= 0.3 is 0 Å². The monoisotopic (exact) mass is 257 g/mol. The Kier molecular flexibility index (Phi) is 2.96. The summed E-state index contributed by atoms with van der Waals surface area (Å²) in [7, 11) is 2.03. The molecule has 0 unspecified atom stereocenters. The van der Waals surface area contributed by atoms with E-state index in [1.807, 2.05) is 18.8 Å². The van der Waals surface area contributed by atoms with Gasteiger partial charge in [0.1, 0.15) is 0 Å². The molecule has 0 spiro atoms. The molecule has 0 bridgehead atoms. The van der Waals surface area contributed by atoms with Crippen molar-refractivity contribution < 1.29 is 0 Å². The van der Waals surface area contributed by atoms with E-state index in [2.05, 4.69) is 39.4 Å². The van der Waals surface area contributed by atoms with Crippen LogP contribution in [0.1, 0.15) is 18.0 Å². The van der Waals surface area contributed by atoms with Crippen LogP contribution in [0.4, 0.5) is 0 Å². The number of hydrogen-bond acceptors (Lipinski definition) is 2. The SMILES string of the molecule is CN[C@@H]1CCSc2ccc(Br)cc21. The highest BCUT2D eigenvalue weighted by molar-refractivity contribution is 9.10. The van der Waals surface area contributed by atoms with Crippen molar-refractivity contribution in [2.75, 3.05) is 12.8 Å². The van der Waals surface area contributed by atoms with E-state index in [4.69, 9.17) is 0 Å². The molecule has 13 heavy (non-hydrogen) atoms. The Morgan fingerprint density at radius 3 is 3.15 bits per heavy atom. The van der Waals surface area contributed by atoms with E-state index in [1.165, 1.54) is 27.1 Å². The Labute approximate surface area is 91.4 Å². The van der Waals surface area contributed by atoms with Crippen LogP contribution < -0.4 is 5.32 Å². The topological polar surface area (TPSA) is 12.0 Å². The van der Waals surface area contributed by atoms with Crippen molar-refractivity contribution in [2.45, 2.75) is 17.4 Å². The smallest absolute Gasteiger partial charge is 0.0337 e. The number of halogens is 1. The Balaban J connectivity index is 2.41. The predicted octanol–water partition coefficient (Wildman–Crippen LogP) is 3.21. The summed E-state index contributed by atoms with van der Waals surface area (Å²) in [6.45, 7) is 0. The van der Waals surface area contributed by atoms with Crippen LogP contribution in [0.2, 0.25) is 0 Å². The van der Waals surface area contributed by atoms with E-state index in [0.29, 0.717) is 6.04 Å². The Hall–Kier alpha value is 0.01000. The fraction of sp³-hybridized carbons (Fsp3) is 0.400. The number of nitrogens with one attached hydrogen (secondary N) is 1. The third kappa shape index (κ3) is 1.92. The van der Waals surface area contributed by atoms with Gasteiger partial charge in [-0.15, -0.1) is 11.8 Å². The average molecular weight is 258 g/mol. The Morgan fingerprint density at radius 1 is 1.54 bits per heavy atom. The summed E-state index contributed by atoms with van der Waals surface area (Å²) in [6.07, 6.45) is 1.23. The lowest BCUT2D eigenvalue weighted by Crippen LogP contribution is -2.20. The summed E-state index contributed by atoms with van der Waals surface area (Å²) in [5.41, 5.74) is 1.44. The summed E-state index contributed by atoms with van der Waals surface area (Å²) >= 11 is 5.47. The van der Waals surface area contributed by atoms with Crippen LogP contribution in [-0.4, -0.2) is 12.8 Å². The van der Waals surface area contributed by atoms with Crippen LogP contribution in [0.3, 0.4) is 0 Å². The highest BCUT2D eigenvalue weighted by Gasteiger charge is 2.18. The number of rotatable bonds is 1. The summed E-state index contributed by atoms with van der Waals surface area (Å²) in [6, 6.07) is 7.08. The maximum atomic E-state index is 3.51. The molecule has 1 N–H and O–H groups in total. The molecule has 1 aliphatic heterocycles. The van der Waals surface area contributed by atoms with Gasteiger partial charge in [0.25, 0.3) is 0 Å². The van der Waals surface area contributed by atoms with Gasteiger partial charge in [0.2, 0.25) is 0 Å². The quantitative estimate of drug-likeness (QED) is 0.830. The first kappa shape index (κ1) is 9.56. The van der Waals surface area contributed by atoms with Crippen LogP contribution in [0.15, 0.2) is 27.6 Å². The molecule has 70 valence electrons. The lowest BCUT2D eigenvalue weighted by atomic mass is 10.0. The highest BCUT2D eigenvalue weighted by atomic mass is 79.9. The normalized spacial score (nSPS) is 21.2. The molecule has 0 fully saturated rings. The Bertz CT molecular complexity index is 314.